The summed E-state index contributed by atoms with van der Waals surface area (Å²) in [4.78, 5) is 0. The Morgan fingerprint density at radius 1 is 1.26 bits per heavy atom. The third-order valence-corrected chi connectivity index (χ3v) is 4.62. The number of para-hydroxylation sites is 1. The first kappa shape index (κ1) is 12.5. The maximum absolute atomic E-state index is 4.09. The number of hydrogen-bond donors (Lipinski definition) is 1. The zero-order valence-corrected chi connectivity index (χ0v) is 11.7. The first-order valence-corrected chi connectivity index (χ1v) is 7.79. The molecule has 1 fully saturated rings. The van der Waals surface area contributed by atoms with Crippen LogP contribution < -0.4 is 5.32 Å². The quantitative estimate of drug-likeness (QED) is 0.928. The van der Waals surface area contributed by atoms with Gasteiger partial charge in [0.15, 0.2) is 0 Å². The molecule has 2 unspecified atom stereocenters. The number of hydrogen-bond acceptors (Lipinski definition) is 5. The van der Waals surface area contributed by atoms with E-state index in [1.807, 2.05) is 42.1 Å². The van der Waals surface area contributed by atoms with Crippen LogP contribution in [-0.4, -0.2) is 37.8 Å². The number of benzene rings is 1. The fourth-order valence-electron chi connectivity index (χ4n) is 2.49. The van der Waals surface area contributed by atoms with Gasteiger partial charge in [-0.1, -0.05) is 23.3 Å². The lowest BCUT2D eigenvalue weighted by Gasteiger charge is -2.13. The van der Waals surface area contributed by atoms with Crippen molar-refractivity contribution in [3.8, 4) is 5.69 Å². The standard InChI is InChI=1S/C13H17N5S/c1-19-12-8-7-10(9-12)14-13-15-16-17-18(13)11-5-3-2-4-6-11/h2-6,10,12H,7-9H2,1H3,(H,14,15,17). The fourth-order valence-corrected chi connectivity index (χ4v) is 3.28. The molecule has 1 heterocycles. The normalized spacial score (nSPS) is 22.6. The van der Waals surface area contributed by atoms with Crippen LogP contribution in [0.15, 0.2) is 30.3 Å². The largest absolute Gasteiger partial charge is 0.350 e. The molecular weight excluding hydrogens is 258 g/mol. The molecule has 2 aromatic rings. The van der Waals surface area contributed by atoms with Gasteiger partial charge < -0.3 is 5.32 Å². The van der Waals surface area contributed by atoms with Gasteiger partial charge in [-0.15, -0.1) is 0 Å². The van der Waals surface area contributed by atoms with E-state index in [4.69, 9.17) is 0 Å². The van der Waals surface area contributed by atoms with Gasteiger partial charge in [-0.25, -0.2) is 0 Å². The molecule has 2 atom stereocenters. The lowest BCUT2D eigenvalue weighted by molar-refractivity contribution is 0.732. The van der Waals surface area contributed by atoms with Crippen molar-refractivity contribution in [3.63, 3.8) is 0 Å². The van der Waals surface area contributed by atoms with E-state index >= 15 is 0 Å². The highest BCUT2D eigenvalue weighted by Crippen LogP contribution is 2.30. The SMILES string of the molecule is CSC1CCC(Nc2nnnn2-c2ccccc2)C1. The molecule has 6 heteroatoms. The minimum Gasteiger partial charge on any atom is -0.350 e. The molecule has 1 N–H and O–H groups in total. The van der Waals surface area contributed by atoms with Crippen molar-refractivity contribution in [2.24, 2.45) is 0 Å². The third-order valence-electron chi connectivity index (χ3n) is 3.52. The van der Waals surface area contributed by atoms with Crippen LogP contribution in [0.25, 0.3) is 5.69 Å². The molecule has 5 nitrogen and oxygen atoms in total. The molecule has 0 aliphatic heterocycles. The molecule has 1 aliphatic carbocycles. The Morgan fingerprint density at radius 3 is 2.84 bits per heavy atom. The maximum atomic E-state index is 4.09. The number of thioether (sulfide) groups is 1. The summed E-state index contributed by atoms with van der Waals surface area (Å²) in [6, 6.07) is 10.4. The summed E-state index contributed by atoms with van der Waals surface area (Å²) < 4.78 is 1.76. The van der Waals surface area contributed by atoms with Crippen LogP contribution in [0.3, 0.4) is 0 Å². The monoisotopic (exact) mass is 275 g/mol. The van der Waals surface area contributed by atoms with E-state index in [0.717, 1.165) is 16.9 Å². The van der Waals surface area contributed by atoms with E-state index < -0.39 is 0 Å². The van der Waals surface area contributed by atoms with Gasteiger partial charge in [-0.05, 0) is 48.1 Å². The number of nitrogens with one attached hydrogen (secondary N) is 1. The lowest BCUT2D eigenvalue weighted by atomic mass is 10.2. The van der Waals surface area contributed by atoms with Crippen molar-refractivity contribution < 1.29 is 0 Å². The molecule has 0 amide bonds. The topological polar surface area (TPSA) is 55.6 Å². The third kappa shape index (κ3) is 2.73. The Labute approximate surface area is 116 Å². The zero-order chi connectivity index (χ0) is 13.1. The number of rotatable bonds is 4. The summed E-state index contributed by atoms with van der Waals surface area (Å²) in [5.41, 5.74) is 0.981. The second-order valence-corrected chi connectivity index (χ2v) is 5.90. The van der Waals surface area contributed by atoms with Crippen molar-refractivity contribution in [2.75, 3.05) is 11.6 Å². The minimum atomic E-state index is 0.478. The van der Waals surface area contributed by atoms with Crippen molar-refractivity contribution in [2.45, 2.75) is 30.6 Å². The van der Waals surface area contributed by atoms with Gasteiger partial charge >= 0.3 is 0 Å². The maximum Gasteiger partial charge on any atom is 0.247 e. The minimum absolute atomic E-state index is 0.478. The van der Waals surface area contributed by atoms with E-state index in [1.165, 1.54) is 19.3 Å². The van der Waals surface area contributed by atoms with Crippen LogP contribution in [0, 0.1) is 0 Å². The smallest absolute Gasteiger partial charge is 0.247 e. The van der Waals surface area contributed by atoms with E-state index in [-0.39, 0.29) is 0 Å². The summed E-state index contributed by atoms with van der Waals surface area (Å²) in [6.07, 6.45) is 5.82. The molecule has 1 aromatic heterocycles. The van der Waals surface area contributed by atoms with Gasteiger partial charge in [0.1, 0.15) is 0 Å². The van der Waals surface area contributed by atoms with Crippen molar-refractivity contribution in [1.29, 1.82) is 0 Å². The zero-order valence-electron chi connectivity index (χ0n) is 10.9. The number of anilines is 1. The molecule has 1 aromatic carbocycles. The summed E-state index contributed by atoms with van der Waals surface area (Å²) in [6.45, 7) is 0. The molecule has 100 valence electrons. The summed E-state index contributed by atoms with van der Waals surface area (Å²) in [7, 11) is 0. The van der Waals surface area contributed by atoms with Gasteiger partial charge in [0, 0.05) is 11.3 Å². The average Bonchev–Trinajstić information content (AvgIpc) is 3.09. The first-order chi connectivity index (χ1) is 9.36. The van der Waals surface area contributed by atoms with Crippen LogP contribution in [0.2, 0.25) is 0 Å². The van der Waals surface area contributed by atoms with Crippen LogP contribution in [0.5, 0.6) is 0 Å². The Bertz CT molecular complexity index is 527. The van der Waals surface area contributed by atoms with Crippen LogP contribution in [0.1, 0.15) is 19.3 Å². The molecule has 0 spiro atoms. The highest BCUT2D eigenvalue weighted by molar-refractivity contribution is 7.99. The molecule has 0 saturated heterocycles. The molecule has 3 rings (SSSR count). The van der Waals surface area contributed by atoms with Crippen LogP contribution >= 0.6 is 11.8 Å². The number of aromatic nitrogens is 4. The van der Waals surface area contributed by atoms with Crippen LogP contribution in [-0.2, 0) is 0 Å². The van der Waals surface area contributed by atoms with E-state index in [2.05, 4.69) is 27.1 Å². The van der Waals surface area contributed by atoms with E-state index in [1.54, 1.807) is 4.68 Å². The first-order valence-electron chi connectivity index (χ1n) is 6.50. The Balaban J connectivity index is 1.75. The average molecular weight is 275 g/mol. The molecule has 19 heavy (non-hydrogen) atoms. The lowest BCUT2D eigenvalue weighted by Crippen LogP contribution is -2.19. The number of nitrogens with zero attached hydrogens (tertiary/aromatic N) is 4. The van der Waals surface area contributed by atoms with Crippen molar-refractivity contribution >= 4 is 17.7 Å². The molecule has 1 aliphatic rings. The highest BCUT2D eigenvalue weighted by Gasteiger charge is 2.25. The van der Waals surface area contributed by atoms with Crippen molar-refractivity contribution in [1.82, 2.24) is 20.2 Å². The van der Waals surface area contributed by atoms with Gasteiger partial charge in [-0.3, -0.25) is 0 Å². The second-order valence-electron chi connectivity index (χ2n) is 4.76. The fraction of sp³-hybridized carbons (Fsp3) is 0.462. The molecule has 0 radical (unpaired) electrons. The predicted octanol–water partition coefficient (Wildman–Crippen LogP) is 2.36. The molecule has 1 saturated carbocycles. The predicted molar refractivity (Wildman–Crippen MR) is 77.7 cm³/mol. The summed E-state index contributed by atoms with van der Waals surface area (Å²) in [5, 5.41) is 16.1. The summed E-state index contributed by atoms with van der Waals surface area (Å²) in [5.74, 6) is 0.734. The van der Waals surface area contributed by atoms with Crippen molar-refractivity contribution in [3.05, 3.63) is 30.3 Å². The highest BCUT2D eigenvalue weighted by atomic mass is 32.2. The molecule has 0 bridgehead atoms. The van der Waals surface area contributed by atoms with Gasteiger partial charge in [0.2, 0.25) is 5.95 Å². The van der Waals surface area contributed by atoms with Gasteiger partial charge in [0.25, 0.3) is 0 Å². The Morgan fingerprint density at radius 2 is 2.11 bits per heavy atom. The van der Waals surface area contributed by atoms with Gasteiger partial charge in [0.05, 0.1) is 5.69 Å². The van der Waals surface area contributed by atoms with Crippen LogP contribution in [0.4, 0.5) is 5.95 Å². The Hall–Kier alpha value is -1.56. The summed E-state index contributed by atoms with van der Waals surface area (Å²) >= 11 is 1.95. The van der Waals surface area contributed by atoms with E-state index in [9.17, 15) is 0 Å². The van der Waals surface area contributed by atoms with Gasteiger partial charge in [-0.2, -0.15) is 16.4 Å². The van der Waals surface area contributed by atoms with E-state index in [0.29, 0.717) is 6.04 Å². The molecular formula is C13H17N5S. The number of tetrazole rings is 1. The Kier molecular flexibility index (Phi) is 3.68. The second kappa shape index (κ2) is 5.61.